The fourth-order valence-electron chi connectivity index (χ4n) is 2.65. The third-order valence-electron chi connectivity index (χ3n) is 3.87. The molecule has 1 saturated heterocycles. The van der Waals surface area contributed by atoms with E-state index in [0.717, 1.165) is 13.2 Å². The van der Waals surface area contributed by atoms with Gasteiger partial charge in [0, 0.05) is 38.3 Å². The summed E-state index contributed by atoms with van der Waals surface area (Å²) in [5, 5.41) is 3.53. The maximum absolute atomic E-state index is 5.38. The lowest BCUT2D eigenvalue weighted by Crippen LogP contribution is -2.53. The largest absolute Gasteiger partial charge is 0.383 e. The molecule has 0 aromatic carbocycles. The Morgan fingerprint density at radius 3 is 2.72 bits per heavy atom. The quantitative estimate of drug-likeness (QED) is 0.737. The number of methoxy groups -OCH3 is 1. The number of nitrogens with one attached hydrogen (secondary N) is 1. The summed E-state index contributed by atoms with van der Waals surface area (Å²) in [4.78, 5) is 4.94. The Hall–Kier alpha value is -0.160. The van der Waals surface area contributed by atoms with Crippen LogP contribution in [0.4, 0.5) is 0 Å². The molecule has 0 aliphatic carbocycles. The van der Waals surface area contributed by atoms with Crippen LogP contribution in [0.3, 0.4) is 0 Å². The second kappa shape index (κ2) is 8.10. The molecule has 1 aliphatic heterocycles. The molecule has 1 aliphatic rings. The molecule has 0 amide bonds. The summed E-state index contributed by atoms with van der Waals surface area (Å²) in [5.41, 5.74) is 0. The van der Waals surface area contributed by atoms with Gasteiger partial charge in [0.1, 0.15) is 0 Å². The number of piperidine rings is 1. The van der Waals surface area contributed by atoms with Crippen molar-refractivity contribution in [2.45, 2.75) is 44.8 Å². The summed E-state index contributed by atoms with van der Waals surface area (Å²) in [5.74, 6) is 0. The highest BCUT2D eigenvalue weighted by molar-refractivity contribution is 4.83. The van der Waals surface area contributed by atoms with Gasteiger partial charge in [-0.05, 0) is 33.5 Å². The van der Waals surface area contributed by atoms with Gasteiger partial charge in [-0.1, -0.05) is 13.8 Å². The van der Waals surface area contributed by atoms with Crippen molar-refractivity contribution in [3.8, 4) is 0 Å². The summed E-state index contributed by atoms with van der Waals surface area (Å²) in [6.07, 6.45) is 2.62. The molecule has 0 radical (unpaired) electrons. The van der Waals surface area contributed by atoms with Crippen LogP contribution in [0.5, 0.6) is 0 Å². The van der Waals surface area contributed by atoms with E-state index in [-0.39, 0.29) is 0 Å². The maximum Gasteiger partial charge on any atom is 0.0630 e. The van der Waals surface area contributed by atoms with E-state index in [1.807, 2.05) is 0 Å². The number of likely N-dealkylation sites (N-methyl/N-ethyl adjacent to an activating group) is 2. The molecule has 1 heterocycles. The van der Waals surface area contributed by atoms with Crippen LogP contribution in [0.1, 0.15) is 26.7 Å². The lowest BCUT2D eigenvalue weighted by Gasteiger charge is -2.40. The van der Waals surface area contributed by atoms with Gasteiger partial charge < -0.3 is 15.0 Å². The highest BCUT2D eigenvalue weighted by Crippen LogP contribution is 2.15. The van der Waals surface area contributed by atoms with E-state index in [0.29, 0.717) is 18.1 Å². The van der Waals surface area contributed by atoms with Crippen LogP contribution >= 0.6 is 0 Å². The average molecular weight is 257 g/mol. The number of rotatable bonds is 7. The number of hydrogen-bond donors (Lipinski definition) is 1. The Morgan fingerprint density at radius 2 is 2.17 bits per heavy atom. The van der Waals surface area contributed by atoms with Crippen LogP contribution in [0, 0.1) is 0 Å². The average Bonchev–Trinajstić information content (AvgIpc) is 2.33. The first kappa shape index (κ1) is 15.9. The van der Waals surface area contributed by atoms with Crippen molar-refractivity contribution in [1.29, 1.82) is 0 Å². The molecular formula is C14H31N3O. The molecule has 4 heteroatoms. The first-order valence-electron chi connectivity index (χ1n) is 7.17. The van der Waals surface area contributed by atoms with Crippen molar-refractivity contribution >= 4 is 0 Å². The van der Waals surface area contributed by atoms with Gasteiger partial charge in [-0.3, -0.25) is 4.90 Å². The molecule has 4 nitrogen and oxygen atoms in total. The lowest BCUT2D eigenvalue weighted by molar-refractivity contribution is 0.0504. The molecule has 0 spiro atoms. The molecule has 108 valence electrons. The molecule has 0 aromatic heterocycles. The fourth-order valence-corrected chi connectivity index (χ4v) is 2.65. The smallest absolute Gasteiger partial charge is 0.0630 e. The van der Waals surface area contributed by atoms with Gasteiger partial charge in [-0.25, -0.2) is 0 Å². The van der Waals surface area contributed by atoms with Gasteiger partial charge >= 0.3 is 0 Å². The Labute approximate surface area is 113 Å². The molecule has 1 fully saturated rings. The monoisotopic (exact) mass is 257 g/mol. The van der Waals surface area contributed by atoms with Crippen molar-refractivity contribution in [3.05, 3.63) is 0 Å². The van der Waals surface area contributed by atoms with Crippen molar-refractivity contribution in [2.24, 2.45) is 0 Å². The van der Waals surface area contributed by atoms with Crippen LogP contribution in [-0.4, -0.2) is 75.4 Å². The minimum absolute atomic E-state index is 0.467. The second-order valence-electron chi connectivity index (χ2n) is 5.90. The van der Waals surface area contributed by atoms with Gasteiger partial charge in [0.15, 0.2) is 0 Å². The van der Waals surface area contributed by atoms with E-state index in [9.17, 15) is 0 Å². The fraction of sp³-hybridized carbons (Fsp3) is 1.00. The molecular weight excluding hydrogens is 226 g/mol. The van der Waals surface area contributed by atoms with E-state index in [1.54, 1.807) is 7.11 Å². The maximum atomic E-state index is 5.38. The van der Waals surface area contributed by atoms with E-state index in [2.05, 4.69) is 43.1 Å². The third kappa shape index (κ3) is 5.22. The third-order valence-corrected chi connectivity index (χ3v) is 3.87. The van der Waals surface area contributed by atoms with Gasteiger partial charge in [0.25, 0.3) is 0 Å². The first-order valence-corrected chi connectivity index (χ1v) is 7.17. The topological polar surface area (TPSA) is 27.7 Å². The molecule has 18 heavy (non-hydrogen) atoms. The van der Waals surface area contributed by atoms with Gasteiger partial charge in [-0.15, -0.1) is 0 Å². The molecule has 0 bridgehead atoms. The minimum Gasteiger partial charge on any atom is -0.383 e. The van der Waals surface area contributed by atoms with Crippen LogP contribution in [0.25, 0.3) is 0 Å². The number of hydrogen-bond acceptors (Lipinski definition) is 4. The summed E-state index contributed by atoms with van der Waals surface area (Å²) in [6.45, 7) is 8.61. The van der Waals surface area contributed by atoms with Crippen LogP contribution in [0.15, 0.2) is 0 Å². The zero-order valence-corrected chi connectivity index (χ0v) is 12.8. The van der Waals surface area contributed by atoms with Crippen molar-refractivity contribution in [2.75, 3.05) is 47.4 Å². The summed E-state index contributed by atoms with van der Waals surface area (Å²) < 4.78 is 5.38. The summed E-state index contributed by atoms with van der Waals surface area (Å²) in [6, 6.07) is 1.67. The van der Waals surface area contributed by atoms with Crippen molar-refractivity contribution < 1.29 is 4.74 Å². The zero-order chi connectivity index (χ0) is 13.5. The second-order valence-corrected chi connectivity index (χ2v) is 5.90. The van der Waals surface area contributed by atoms with Crippen molar-refractivity contribution in [3.63, 3.8) is 0 Å². The first-order chi connectivity index (χ1) is 8.54. The van der Waals surface area contributed by atoms with E-state index in [1.165, 1.54) is 25.9 Å². The number of nitrogens with zero attached hydrogens (tertiary/aromatic N) is 2. The summed E-state index contributed by atoms with van der Waals surface area (Å²) >= 11 is 0. The molecule has 1 rings (SSSR count). The predicted octanol–water partition coefficient (Wildman–Crippen LogP) is 1.03. The van der Waals surface area contributed by atoms with E-state index in [4.69, 9.17) is 4.74 Å². The van der Waals surface area contributed by atoms with Crippen LogP contribution in [0.2, 0.25) is 0 Å². The Kier molecular flexibility index (Phi) is 7.15. The van der Waals surface area contributed by atoms with Crippen LogP contribution < -0.4 is 5.32 Å². The molecule has 2 unspecified atom stereocenters. The van der Waals surface area contributed by atoms with Gasteiger partial charge in [0.2, 0.25) is 0 Å². The Morgan fingerprint density at radius 1 is 1.44 bits per heavy atom. The molecule has 1 N–H and O–H groups in total. The normalized spacial score (nSPS) is 23.8. The van der Waals surface area contributed by atoms with E-state index >= 15 is 0 Å². The molecule has 0 saturated carbocycles. The number of ether oxygens (including phenoxy) is 1. The lowest BCUT2D eigenvalue weighted by atomic mass is 10.0. The summed E-state index contributed by atoms with van der Waals surface area (Å²) in [7, 11) is 6.26. The highest BCUT2D eigenvalue weighted by atomic mass is 16.5. The molecule has 2 atom stereocenters. The van der Waals surface area contributed by atoms with Gasteiger partial charge in [0.05, 0.1) is 6.61 Å². The SMILES string of the molecule is COCC(CNC(C)C)N(C)C1CCCN(C)C1. The standard InChI is InChI=1S/C14H31N3O/c1-12(2)15-9-14(11-18-5)17(4)13-7-6-8-16(3)10-13/h12-15H,6-11H2,1-5H3. The van der Waals surface area contributed by atoms with Gasteiger partial charge in [-0.2, -0.15) is 0 Å². The number of likely N-dealkylation sites (tertiary alicyclic amines) is 1. The minimum atomic E-state index is 0.467. The predicted molar refractivity (Wildman–Crippen MR) is 77.1 cm³/mol. The van der Waals surface area contributed by atoms with Crippen molar-refractivity contribution in [1.82, 2.24) is 15.1 Å². The Bertz CT molecular complexity index is 223. The zero-order valence-electron chi connectivity index (χ0n) is 12.8. The molecule has 0 aromatic rings. The highest BCUT2D eigenvalue weighted by Gasteiger charge is 2.26. The van der Waals surface area contributed by atoms with E-state index < -0.39 is 0 Å². The Balaban J connectivity index is 2.48. The van der Waals surface area contributed by atoms with Crippen LogP contribution in [-0.2, 0) is 4.74 Å².